The zero-order valence-electron chi connectivity index (χ0n) is 15.1. The van der Waals surface area contributed by atoms with Crippen molar-refractivity contribution in [3.8, 4) is 5.82 Å². The van der Waals surface area contributed by atoms with Crippen molar-refractivity contribution in [1.82, 2.24) is 24.8 Å². The first-order valence-corrected chi connectivity index (χ1v) is 8.46. The van der Waals surface area contributed by atoms with Gasteiger partial charge in [0.2, 0.25) is 11.6 Å². The van der Waals surface area contributed by atoms with Gasteiger partial charge in [0, 0.05) is 24.5 Å². The third-order valence-corrected chi connectivity index (χ3v) is 4.08. The highest BCUT2D eigenvalue weighted by atomic mass is 16.2. The SMILES string of the molecule is Cc1cnc(C(=O)NC(Cc2ccccc2)C(=O)C(N)=O)n1-c1ccncn1. The average molecular weight is 378 g/mol. The van der Waals surface area contributed by atoms with E-state index in [1.807, 2.05) is 6.07 Å². The lowest BCUT2D eigenvalue weighted by Gasteiger charge is -2.17. The number of ketones is 1. The Bertz CT molecular complexity index is 1000. The second-order valence-electron chi connectivity index (χ2n) is 6.07. The van der Waals surface area contributed by atoms with E-state index < -0.39 is 23.6 Å². The van der Waals surface area contributed by atoms with E-state index in [9.17, 15) is 14.4 Å². The zero-order chi connectivity index (χ0) is 20.1. The van der Waals surface area contributed by atoms with Gasteiger partial charge < -0.3 is 11.1 Å². The fraction of sp³-hybridized carbons (Fsp3) is 0.158. The summed E-state index contributed by atoms with van der Waals surface area (Å²) in [6.07, 6.45) is 4.53. The standard InChI is InChI=1S/C19H18N6O3/c1-12-10-22-18(25(12)15-7-8-21-11-23-15)19(28)24-14(16(26)17(20)27)9-13-5-3-2-4-6-13/h2-8,10-11,14H,9H2,1H3,(H2,20,27)(H,24,28). The van der Waals surface area contributed by atoms with E-state index in [-0.39, 0.29) is 12.2 Å². The maximum Gasteiger partial charge on any atom is 0.288 e. The van der Waals surface area contributed by atoms with Crippen LogP contribution in [0.15, 0.2) is 55.1 Å². The second kappa shape index (κ2) is 8.21. The number of rotatable bonds is 7. The molecule has 3 aromatic rings. The molecule has 9 heteroatoms. The highest BCUT2D eigenvalue weighted by molar-refractivity contribution is 6.38. The monoisotopic (exact) mass is 378 g/mol. The highest BCUT2D eigenvalue weighted by Crippen LogP contribution is 2.12. The Morgan fingerprint density at radius 2 is 1.89 bits per heavy atom. The number of hydrogen-bond acceptors (Lipinski definition) is 6. The molecule has 1 unspecified atom stereocenters. The lowest BCUT2D eigenvalue weighted by atomic mass is 10.0. The number of aryl methyl sites for hydroxylation is 1. The Hall–Kier alpha value is -3.88. The third-order valence-electron chi connectivity index (χ3n) is 4.08. The molecule has 0 saturated heterocycles. The van der Waals surface area contributed by atoms with Gasteiger partial charge in [-0.15, -0.1) is 0 Å². The molecule has 0 radical (unpaired) electrons. The van der Waals surface area contributed by atoms with Crippen LogP contribution in [0.2, 0.25) is 0 Å². The van der Waals surface area contributed by atoms with E-state index >= 15 is 0 Å². The van der Waals surface area contributed by atoms with Gasteiger partial charge in [-0.05, 0) is 18.6 Å². The van der Waals surface area contributed by atoms with Gasteiger partial charge in [-0.2, -0.15) is 0 Å². The summed E-state index contributed by atoms with van der Waals surface area (Å²) < 4.78 is 1.53. The molecule has 142 valence electrons. The Labute approximate surface area is 160 Å². The van der Waals surface area contributed by atoms with Crippen molar-refractivity contribution in [2.45, 2.75) is 19.4 Å². The first-order chi connectivity index (χ1) is 13.5. The number of hydrogen-bond donors (Lipinski definition) is 2. The van der Waals surface area contributed by atoms with Crippen LogP contribution in [0, 0.1) is 6.92 Å². The molecular weight excluding hydrogens is 360 g/mol. The number of primary amides is 1. The van der Waals surface area contributed by atoms with E-state index in [1.165, 1.54) is 23.3 Å². The summed E-state index contributed by atoms with van der Waals surface area (Å²) in [4.78, 5) is 48.6. The molecular formula is C19H18N6O3. The van der Waals surface area contributed by atoms with Crippen molar-refractivity contribution in [3.63, 3.8) is 0 Å². The molecule has 28 heavy (non-hydrogen) atoms. The lowest BCUT2D eigenvalue weighted by molar-refractivity contribution is -0.137. The zero-order valence-corrected chi connectivity index (χ0v) is 15.1. The van der Waals surface area contributed by atoms with Crippen LogP contribution in [0.5, 0.6) is 0 Å². The molecule has 2 heterocycles. The number of nitrogens with one attached hydrogen (secondary N) is 1. The summed E-state index contributed by atoms with van der Waals surface area (Å²) in [6.45, 7) is 1.77. The number of Topliss-reactive ketones (excluding diaryl/α,β-unsaturated/α-hetero) is 1. The summed E-state index contributed by atoms with van der Waals surface area (Å²) in [7, 11) is 0. The van der Waals surface area contributed by atoms with E-state index in [4.69, 9.17) is 5.73 Å². The number of benzene rings is 1. The fourth-order valence-corrected chi connectivity index (χ4v) is 2.76. The van der Waals surface area contributed by atoms with E-state index in [0.29, 0.717) is 11.5 Å². The van der Waals surface area contributed by atoms with Crippen molar-refractivity contribution in [2.75, 3.05) is 0 Å². The van der Waals surface area contributed by atoms with Crippen LogP contribution >= 0.6 is 0 Å². The Morgan fingerprint density at radius 3 is 2.54 bits per heavy atom. The minimum atomic E-state index is -1.11. The molecule has 0 bridgehead atoms. The molecule has 1 atom stereocenters. The van der Waals surface area contributed by atoms with Crippen molar-refractivity contribution in [2.24, 2.45) is 5.73 Å². The molecule has 1 aromatic carbocycles. The van der Waals surface area contributed by atoms with Crippen molar-refractivity contribution in [1.29, 1.82) is 0 Å². The number of nitrogens with zero attached hydrogens (tertiary/aromatic N) is 4. The fourth-order valence-electron chi connectivity index (χ4n) is 2.76. The smallest absolute Gasteiger partial charge is 0.288 e. The molecule has 0 aliphatic heterocycles. The van der Waals surface area contributed by atoms with Gasteiger partial charge in [0.25, 0.3) is 11.8 Å². The molecule has 0 spiro atoms. The Balaban J connectivity index is 1.89. The van der Waals surface area contributed by atoms with Gasteiger partial charge >= 0.3 is 0 Å². The number of aromatic nitrogens is 4. The molecule has 0 saturated carbocycles. The maximum atomic E-state index is 12.8. The number of carbonyl (C=O) groups excluding carboxylic acids is 3. The number of amides is 2. The average Bonchev–Trinajstić information content (AvgIpc) is 3.09. The largest absolute Gasteiger partial charge is 0.363 e. The lowest BCUT2D eigenvalue weighted by Crippen LogP contribution is -2.47. The van der Waals surface area contributed by atoms with Gasteiger partial charge in [0.15, 0.2) is 0 Å². The first kappa shape index (κ1) is 18.9. The highest BCUT2D eigenvalue weighted by Gasteiger charge is 2.28. The van der Waals surface area contributed by atoms with Crippen LogP contribution in [0.25, 0.3) is 5.82 Å². The Morgan fingerprint density at radius 1 is 1.14 bits per heavy atom. The predicted molar refractivity (Wildman–Crippen MR) is 99.5 cm³/mol. The van der Waals surface area contributed by atoms with Crippen molar-refractivity contribution < 1.29 is 14.4 Å². The molecule has 2 amide bonds. The normalized spacial score (nSPS) is 11.6. The molecule has 0 aliphatic rings. The van der Waals surface area contributed by atoms with Crippen molar-refractivity contribution >= 4 is 17.6 Å². The number of nitrogens with two attached hydrogens (primary N) is 1. The molecule has 9 nitrogen and oxygen atoms in total. The second-order valence-corrected chi connectivity index (χ2v) is 6.07. The van der Waals surface area contributed by atoms with Crippen LogP contribution < -0.4 is 11.1 Å². The van der Waals surface area contributed by atoms with Gasteiger partial charge in [-0.3, -0.25) is 19.0 Å². The predicted octanol–water partition coefficient (Wildman–Crippen LogP) is 0.366. The first-order valence-electron chi connectivity index (χ1n) is 8.46. The van der Waals surface area contributed by atoms with Crippen LogP contribution in [-0.4, -0.2) is 43.2 Å². The summed E-state index contributed by atoms with van der Waals surface area (Å²) in [6, 6.07) is 9.53. The molecule has 3 rings (SSSR count). The van der Waals surface area contributed by atoms with E-state index in [1.54, 1.807) is 37.3 Å². The maximum absolute atomic E-state index is 12.8. The number of imidazole rings is 1. The van der Waals surface area contributed by atoms with Gasteiger partial charge in [-0.1, -0.05) is 30.3 Å². The van der Waals surface area contributed by atoms with Crippen LogP contribution in [0.1, 0.15) is 21.9 Å². The van der Waals surface area contributed by atoms with Gasteiger partial charge in [0.05, 0.1) is 0 Å². The summed E-state index contributed by atoms with van der Waals surface area (Å²) >= 11 is 0. The van der Waals surface area contributed by atoms with E-state index in [0.717, 1.165) is 5.56 Å². The summed E-state index contributed by atoms with van der Waals surface area (Å²) in [5, 5.41) is 2.57. The molecule has 0 aliphatic carbocycles. The minimum absolute atomic E-state index is 0.0338. The van der Waals surface area contributed by atoms with Crippen molar-refractivity contribution in [3.05, 3.63) is 72.2 Å². The quantitative estimate of drug-likeness (QED) is 0.571. The molecule has 0 fully saturated rings. The topological polar surface area (TPSA) is 133 Å². The minimum Gasteiger partial charge on any atom is -0.363 e. The van der Waals surface area contributed by atoms with E-state index in [2.05, 4.69) is 20.3 Å². The molecule has 2 aromatic heterocycles. The third kappa shape index (κ3) is 4.09. The van der Waals surface area contributed by atoms with Gasteiger partial charge in [0.1, 0.15) is 18.2 Å². The number of carbonyl (C=O) groups is 3. The summed E-state index contributed by atoms with van der Waals surface area (Å²) in [5.74, 6) is -2.13. The van der Waals surface area contributed by atoms with Crippen LogP contribution in [0.4, 0.5) is 0 Å². The van der Waals surface area contributed by atoms with Crippen LogP contribution in [-0.2, 0) is 16.0 Å². The summed E-state index contributed by atoms with van der Waals surface area (Å²) in [5.41, 5.74) is 6.60. The Kier molecular flexibility index (Phi) is 5.54. The van der Waals surface area contributed by atoms with Gasteiger partial charge in [-0.25, -0.2) is 15.0 Å². The molecule has 3 N–H and O–H groups in total. The van der Waals surface area contributed by atoms with Crippen LogP contribution in [0.3, 0.4) is 0 Å².